The number of methoxy groups -OCH3 is 2. The fourth-order valence-corrected chi connectivity index (χ4v) is 1.98. The summed E-state index contributed by atoms with van der Waals surface area (Å²) in [6, 6.07) is 12.2. The number of benzene rings is 2. The quantitative estimate of drug-likeness (QED) is 0.849. The van der Waals surface area contributed by atoms with E-state index in [9.17, 15) is 4.79 Å². The summed E-state index contributed by atoms with van der Waals surface area (Å²) in [6.45, 7) is 0. The van der Waals surface area contributed by atoms with Crippen LogP contribution in [0.1, 0.15) is 10.4 Å². The van der Waals surface area contributed by atoms with Gasteiger partial charge in [0.1, 0.15) is 11.5 Å². The van der Waals surface area contributed by atoms with E-state index in [4.69, 9.17) is 9.47 Å². The molecule has 0 unspecified atom stereocenters. The summed E-state index contributed by atoms with van der Waals surface area (Å²) in [6.07, 6.45) is 0. The maximum absolute atomic E-state index is 12.2. The smallest absolute Gasteiger partial charge is 0.255 e. The third-order valence-corrected chi connectivity index (χ3v) is 3.04. The highest BCUT2D eigenvalue weighted by Gasteiger charge is 2.11. The van der Waals surface area contributed by atoms with Crippen LogP contribution in [0.5, 0.6) is 11.5 Å². The SMILES string of the molecule is COc1ccc(OC)c(NC(=O)c2cccc(S)c2)c1. The lowest BCUT2D eigenvalue weighted by Gasteiger charge is -2.12. The standard InChI is InChI=1S/C15H15NO3S/c1-18-11-6-7-14(19-2)13(9-11)16-15(17)10-4-3-5-12(20)8-10/h3-9,20H,1-2H3,(H,16,17). The van der Waals surface area contributed by atoms with Crippen LogP contribution in [-0.2, 0) is 0 Å². The molecule has 0 fully saturated rings. The Balaban J connectivity index is 2.27. The van der Waals surface area contributed by atoms with Crippen molar-refractivity contribution in [1.82, 2.24) is 0 Å². The van der Waals surface area contributed by atoms with Crippen LogP contribution in [0, 0.1) is 0 Å². The van der Waals surface area contributed by atoms with Crippen molar-refractivity contribution < 1.29 is 14.3 Å². The highest BCUT2D eigenvalue weighted by Crippen LogP contribution is 2.29. The van der Waals surface area contributed by atoms with Crippen molar-refractivity contribution in [1.29, 1.82) is 0 Å². The summed E-state index contributed by atoms with van der Waals surface area (Å²) in [4.78, 5) is 12.9. The van der Waals surface area contributed by atoms with Crippen molar-refractivity contribution >= 4 is 24.2 Å². The largest absolute Gasteiger partial charge is 0.497 e. The molecule has 0 heterocycles. The van der Waals surface area contributed by atoms with E-state index in [1.807, 2.05) is 6.07 Å². The second kappa shape index (κ2) is 6.34. The van der Waals surface area contributed by atoms with E-state index < -0.39 is 0 Å². The maximum atomic E-state index is 12.2. The molecule has 0 aliphatic heterocycles. The van der Waals surface area contributed by atoms with Gasteiger partial charge in [-0.3, -0.25) is 4.79 Å². The Bertz CT molecular complexity index is 628. The Morgan fingerprint density at radius 1 is 1.10 bits per heavy atom. The van der Waals surface area contributed by atoms with E-state index >= 15 is 0 Å². The first-order valence-corrected chi connectivity index (χ1v) is 6.41. The number of anilines is 1. The first-order valence-electron chi connectivity index (χ1n) is 5.96. The molecular weight excluding hydrogens is 274 g/mol. The van der Waals surface area contributed by atoms with Crippen LogP contribution in [0.2, 0.25) is 0 Å². The number of nitrogens with one attached hydrogen (secondary N) is 1. The Morgan fingerprint density at radius 2 is 1.90 bits per heavy atom. The van der Waals surface area contributed by atoms with E-state index in [1.54, 1.807) is 50.6 Å². The summed E-state index contributed by atoms with van der Waals surface area (Å²) in [5, 5.41) is 2.80. The van der Waals surface area contributed by atoms with E-state index in [1.165, 1.54) is 0 Å². The van der Waals surface area contributed by atoms with E-state index in [0.29, 0.717) is 22.7 Å². The summed E-state index contributed by atoms with van der Waals surface area (Å²) >= 11 is 4.22. The average molecular weight is 289 g/mol. The Morgan fingerprint density at radius 3 is 2.55 bits per heavy atom. The summed E-state index contributed by atoms with van der Waals surface area (Å²) in [5.41, 5.74) is 1.09. The number of carbonyl (C=O) groups excluding carboxylic acids is 1. The highest BCUT2D eigenvalue weighted by molar-refractivity contribution is 7.80. The predicted molar refractivity (Wildman–Crippen MR) is 81.2 cm³/mol. The van der Waals surface area contributed by atoms with Crippen LogP contribution in [0.3, 0.4) is 0 Å². The van der Waals surface area contributed by atoms with Crippen LogP contribution < -0.4 is 14.8 Å². The van der Waals surface area contributed by atoms with Crippen molar-refractivity contribution in [3.8, 4) is 11.5 Å². The van der Waals surface area contributed by atoms with Gasteiger partial charge in [-0.1, -0.05) is 6.07 Å². The summed E-state index contributed by atoms with van der Waals surface area (Å²) < 4.78 is 10.4. The zero-order valence-electron chi connectivity index (χ0n) is 11.2. The van der Waals surface area contributed by atoms with Gasteiger partial charge in [-0.15, -0.1) is 12.6 Å². The third kappa shape index (κ3) is 3.24. The summed E-state index contributed by atoms with van der Waals surface area (Å²) in [5.74, 6) is 0.984. The number of hydrogen-bond acceptors (Lipinski definition) is 4. The van der Waals surface area contributed by atoms with Crippen molar-refractivity contribution in [2.24, 2.45) is 0 Å². The molecule has 20 heavy (non-hydrogen) atoms. The van der Waals surface area contributed by atoms with Crippen molar-refractivity contribution in [3.63, 3.8) is 0 Å². The summed E-state index contributed by atoms with van der Waals surface area (Å²) in [7, 11) is 3.11. The minimum absolute atomic E-state index is 0.229. The van der Waals surface area contributed by atoms with Gasteiger partial charge in [0.15, 0.2) is 0 Å². The minimum Gasteiger partial charge on any atom is -0.497 e. The molecule has 0 aliphatic carbocycles. The molecule has 0 saturated heterocycles. The number of thiol groups is 1. The van der Waals surface area contributed by atoms with Gasteiger partial charge in [-0.2, -0.15) is 0 Å². The number of amides is 1. The number of hydrogen-bond donors (Lipinski definition) is 2. The molecule has 0 aliphatic rings. The molecule has 2 aromatic rings. The molecule has 5 heteroatoms. The number of ether oxygens (including phenoxy) is 2. The fourth-order valence-electron chi connectivity index (χ4n) is 1.75. The second-order valence-corrected chi connectivity index (χ2v) is 4.59. The van der Waals surface area contributed by atoms with Crippen LogP contribution in [0.4, 0.5) is 5.69 Å². The van der Waals surface area contributed by atoms with Crippen LogP contribution in [0.25, 0.3) is 0 Å². The molecule has 0 spiro atoms. The molecule has 2 rings (SSSR count). The Kier molecular flexibility index (Phi) is 4.53. The molecular formula is C15H15NO3S. The molecule has 0 saturated carbocycles. The first kappa shape index (κ1) is 14.3. The van der Waals surface area contributed by atoms with E-state index in [2.05, 4.69) is 17.9 Å². The lowest BCUT2D eigenvalue weighted by molar-refractivity contribution is 0.102. The predicted octanol–water partition coefficient (Wildman–Crippen LogP) is 3.24. The van der Waals surface area contributed by atoms with Gasteiger partial charge < -0.3 is 14.8 Å². The normalized spacial score (nSPS) is 9.95. The van der Waals surface area contributed by atoms with Gasteiger partial charge in [0, 0.05) is 16.5 Å². The highest BCUT2D eigenvalue weighted by atomic mass is 32.1. The molecule has 1 amide bonds. The first-order chi connectivity index (χ1) is 9.63. The van der Waals surface area contributed by atoms with Crippen LogP contribution >= 0.6 is 12.6 Å². The van der Waals surface area contributed by atoms with Gasteiger partial charge in [-0.05, 0) is 30.3 Å². The van der Waals surface area contributed by atoms with E-state index in [-0.39, 0.29) is 5.91 Å². The molecule has 0 bridgehead atoms. The van der Waals surface area contributed by atoms with Crippen molar-refractivity contribution in [2.75, 3.05) is 19.5 Å². The Hall–Kier alpha value is -2.14. The molecule has 104 valence electrons. The molecule has 4 nitrogen and oxygen atoms in total. The number of rotatable bonds is 4. The lowest BCUT2D eigenvalue weighted by atomic mass is 10.2. The van der Waals surface area contributed by atoms with Gasteiger partial charge in [-0.25, -0.2) is 0 Å². The topological polar surface area (TPSA) is 47.6 Å². The van der Waals surface area contributed by atoms with Gasteiger partial charge in [0.05, 0.1) is 19.9 Å². The van der Waals surface area contributed by atoms with Crippen molar-refractivity contribution in [3.05, 3.63) is 48.0 Å². The zero-order chi connectivity index (χ0) is 14.5. The lowest BCUT2D eigenvalue weighted by Crippen LogP contribution is -2.12. The third-order valence-electron chi connectivity index (χ3n) is 2.76. The van der Waals surface area contributed by atoms with Crippen LogP contribution in [-0.4, -0.2) is 20.1 Å². The monoisotopic (exact) mass is 289 g/mol. The minimum atomic E-state index is -0.229. The van der Waals surface area contributed by atoms with E-state index in [0.717, 1.165) is 4.90 Å². The Labute approximate surface area is 123 Å². The molecule has 1 N–H and O–H groups in total. The van der Waals surface area contributed by atoms with Crippen LogP contribution in [0.15, 0.2) is 47.4 Å². The van der Waals surface area contributed by atoms with Gasteiger partial charge in [0.25, 0.3) is 5.91 Å². The molecule has 2 aromatic carbocycles. The van der Waals surface area contributed by atoms with Crippen molar-refractivity contribution in [2.45, 2.75) is 4.90 Å². The van der Waals surface area contributed by atoms with Gasteiger partial charge >= 0.3 is 0 Å². The molecule has 0 aromatic heterocycles. The average Bonchev–Trinajstić information content (AvgIpc) is 2.47. The number of carbonyl (C=O) groups is 1. The molecule has 0 atom stereocenters. The zero-order valence-corrected chi connectivity index (χ0v) is 12.1. The maximum Gasteiger partial charge on any atom is 0.255 e. The second-order valence-electron chi connectivity index (χ2n) is 4.07. The fraction of sp³-hybridized carbons (Fsp3) is 0.133. The molecule has 0 radical (unpaired) electrons. The van der Waals surface area contributed by atoms with Gasteiger partial charge in [0.2, 0.25) is 0 Å².